The van der Waals surface area contributed by atoms with Crippen LogP contribution in [-0.4, -0.2) is 24.9 Å². The number of hydrogen-bond donors (Lipinski definition) is 1. The Morgan fingerprint density at radius 1 is 1.08 bits per heavy atom. The minimum atomic E-state index is -0.188. The summed E-state index contributed by atoms with van der Waals surface area (Å²) in [6.45, 7) is 4.68. The molecular weight excluding hydrogens is 326 g/mol. The molecule has 3 rings (SSSR count). The van der Waals surface area contributed by atoms with Crippen LogP contribution in [0.25, 0.3) is 0 Å². The number of benzene rings is 1. The highest BCUT2D eigenvalue weighted by Gasteiger charge is 2.17. The van der Waals surface area contributed by atoms with Crippen molar-refractivity contribution in [1.82, 2.24) is 5.32 Å². The van der Waals surface area contributed by atoms with E-state index in [0.717, 1.165) is 17.7 Å². The van der Waals surface area contributed by atoms with Crippen LogP contribution in [0.2, 0.25) is 0 Å². The van der Waals surface area contributed by atoms with Crippen LogP contribution >= 0.6 is 11.3 Å². The second-order valence-electron chi connectivity index (χ2n) is 5.67. The van der Waals surface area contributed by atoms with Crippen LogP contribution in [0, 0.1) is 0 Å². The van der Waals surface area contributed by atoms with E-state index in [1.54, 1.807) is 12.1 Å². The third kappa shape index (κ3) is 3.59. The first-order chi connectivity index (χ1) is 11.5. The highest BCUT2D eigenvalue weighted by Crippen LogP contribution is 2.32. The van der Waals surface area contributed by atoms with E-state index in [1.807, 2.05) is 25.1 Å². The van der Waals surface area contributed by atoms with Crippen LogP contribution in [0.1, 0.15) is 51.2 Å². The molecule has 0 aliphatic carbocycles. The Hall–Kier alpha value is -2.34. The van der Waals surface area contributed by atoms with Gasteiger partial charge in [0.05, 0.1) is 29.0 Å². The van der Waals surface area contributed by atoms with E-state index in [9.17, 15) is 9.59 Å². The standard InChI is InChI=1S/C18H19NO4S/c1-11(19-18(21)17-7-6-16(24-17)12(2)20)13-4-5-14-15(10-13)23-9-3-8-22-14/h4-7,10-11H,3,8-9H2,1-2H3,(H,19,21). The number of amides is 1. The summed E-state index contributed by atoms with van der Waals surface area (Å²) in [5, 5.41) is 2.95. The fraction of sp³-hybridized carbons (Fsp3) is 0.333. The van der Waals surface area contributed by atoms with Crippen molar-refractivity contribution in [3.63, 3.8) is 0 Å². The van der Waals surface area contributed by atoms with Crippen LogP contribution in [-0.2, 0) is 0 Å². The molecule has 1 amide bonds. The number of ether oxygens (including phenoxy) is 2. The number of thiophene rings is 1. The Bertz CT molecular complexity index is 768. The summed E-state index contributed by atoms with van der Waals surface area (Å²) in [6, 6.07) is 8.88. The Balaban J connectivity index is 1.72. The molecule has 6 heteroatoms. The molecule has 1 aliphatic heterocycles. The molecule has 5 nitrogen and oxygen atoms in total. The predicted molar refractivity (Wildman–Crippen MR) is 92.3 cm³/mol. The molecule has 0 radical (unpaired) electrons. The summed E-state index contributed by atoms with van der Waals surface area (Å²) >= 11 is 1.21. The van der Waals surface area contributed by atoms with Crippen molar-refractivity contribution in [2.75, 3.05) is 13.2 Å². The van der Waals surface area contributed by atoms with Crippen molar-refractivity contribution >= 4 is 23.0 Å². The molecule has 0 saturated heterocycles. The van der Waals surface area contributed by atoms with Crippen molar-refractivity contribution in [1.29, 1.82) is 0 Å². The summed E-state index contributed by atoms with van der Waals surface area (Å²) in [5.74, 6) is 1.22. The van der Waals surface area contributed by atoms with E-state index in [-0.39, 0.29) is 17.7 Å². The van der Waals surface area contributed by atoms with Gasteiger partial charge >= 0.3 is 0 Å². The van der Waals surface area contributed by atoms with Crippen molar-refractivity contribution in [3.8, 4) is 11.5 Å². The first kappa shape index (κ1) is 16.5. The van der Waals surface area contributed by atoms with Gasteiger partial charge in [-0.1, -0.05) is 6.07 Å². The molecule has 1 aromatic heterocycles. The van der Waals surface area contributed by atoms with Gasteiger partial charge in [0, 0.05) is 6.42 Å². The first-order valence-corrected chi connectivity index (χ1v) is 8.67. The van der Waals surface area contributed by atoms with E-state index in [2.05, 4.69) is 5.32 Å². The molecular formula is C18H19NO4S. The SMILES string of the molecule is CC(=O)c1ccc(C(=O)NC(C)c2ccc3c(c2)OCCCO3)s1. The number of Topliss-reactive ketones (excluding diaryl/α,β-unsaturated/α-hetero) is 1. The Morgan fingerprint density at radius 2 is 1.79 bits per heavy atom. The Labute approximate surface area is 144 Å². The highest BCUT2D eigenvalue weighted by atomic mass is 32.1. The maximum atomic E-state index is 12.3. The van der Waals surface area contributed by atoms with Gasteiger partial charge in [0.2, 0.25) is 0 Å². The summed E-state index contributed by atoms with van der Waals surface area (Å²) in [4.78, 5) is 24.8. The molecule has 24 heavy (non-hydrogen) atoms. The van der Waals surface area contributed by atoms with Gasteiger partial charge in [0.1, 0.15) is 0 Å². The van der Waals surface area contributed by atoms with E-state index in [4.69, 9.17) is 9.47 Å². The van der Waals surface area contributed by atoms with Gasteiger partial charge in [-0.25, -0.2) is 0 Å². The van der Waals surface area contributed by atoms with E-state index in [1.165, 1.54) is 18.3 Å². The van der Waals surface area contributed by atoms with Crippen molar-refractivity contribution in [3.05, 3.63) is 45.6 Å². The minimum absolute atomic E-state index is 0.0324. The molecule has 2 heterocycles. The lowest BCUT2D eigenvalue weighted by molar-refractivity contribution is 0.0943. The van der Waals surface area contributed by atoms with E-state index >= 15 is 0 Å². The van der Waals surface area contributed by atoms with Gasteiger partial charge in [-0.15, -0.1) is 11.3 Å². The number of carbonyl (C=O) groups excluding carboxylic acids is 2. The molecule has 126 valence electrons. The van der Waals surface area contributed by atoms with Crippen LogP contribution < -0.4 is 14.8 Å². The van der Waals surface area contributed by atoms with Gasteiger partial charge in [-0.05, 0) is 43.7 Å². The third-order valence-electron chi connectivity index (χ3n) is 3.80. The molecule has 1 aliphatic rings. The maximum Gasteiger partial charge on any atom is 0.261 e. The fourth-order valence-corrected chi connectivity index (χ4v) is 3.25. The number of fused-ring (bicyclic) bond motifs is 1. The molecule has 0 bridgehead atoms. The zero-order chi connectivity index (χ0) is 17.1. The number of ketones is 1. The smallest absolute Gasteiger partial charge is 0.261 e. The normalized spacial score (nSPS) is 14.6. The van der Waals surface area contributed by atoms with Crippen LogP contribution in [0.15, 0.2) is 30.3 Å². The van der Waals surface area contributed by atoms with Gasteiger partial charge in [0.15, 0.2) is 17.3 Å². The van der Waals surface area contributed by atoms with Crippen LogP contribution in [0.4, 0.5) is 0 Å². The number of hydrogen-bond acceptors (Lipinski definition) is 5. The second kappa shape index (κ2) is 7.05. The number of carbonyl (C=O) groups is 2. The van der Waals surface area contributed by atoms with Crippen molar-refractivity contribution in [2.45, 2.75) is 26.3 Å². The van der Waals surface area contributed by atoms with Crippen molar-refractivity contribution in [2.24, 2.45) is 0 Å². The Kier molecular flexibility index (Phi) is 4.85. The van der Waals surface area contributed by atoms with E-state index in [0.29, 0.717) is 28.7 Å². The summed E-state index contributed by atoms with van der Waals surface area (Å²) in [6.07, 6.45) is 0.854. The van der Waals surface area contributed by atoms with Crippen LogP contribution in [0.5, 0.6) is 11.5 Å². The second-order valence-corrected chi connectivity index (χ2v) is 6.76. The third-order valence-corrected chi connectivity index (χ3v) is 4.98. The lowest BCUT2D eigenvalue weighted by atomic mass is 10.1. The largest absolute Gasteiger partial charge is 0.490 e. The summed E-state index contributed by atoms with van der Waals surface area (Å²) in [7, 11) is 0. The number of nitrogens with one attached hydrogen (secondary N) is 1. The summed E-state index contributed by atoms with van der Waals surface area (Å²) in [5.41, 5.74) is 0.941. The highest BCUT2D eigenvalue weighted by molar-refractivity contribution is 7.15. The molecule has 0 fully saturated rings. The maximum absolute atomic E-state index is 12.3. The molecule has 1 aromatic carbocycles. The summed E-state index contributed by atoms with van der Waals surface area (Å²) < 4.78 is 11.3. The minimum Gasteiger partial charge on any atom is -0.490 e. The predicted octanol–water partition coefficient (Wildman–Crippen LogP) is 3.60. The molecule has 0 saturated carbocycles. The average molecular weight is 345 g/mol. The zero-order valence-corrected chi connectivity index (χ0v) is 14.4. The first-order valence-electron chi connectivity index (χ1n) is 7.86. The van der Waals surface area contributed by atoms with Gasteiger partial charge in [0.25, 0.3) is 5.91 Å². The quantitative estimate of drug-likeness (QED) is 0.860. The Morgan fingerprint density at radius 3 is 2.50 bits per heavy atom. The lowest BCUT2D eigenvalue weighted by Crippen LogP contribution is -2.25. The molecule has 0 spiro atoms. The van der Waals surface area contributed by atoms with Crippen molar-refractivity contribution < 1.29 is 19.1 Å². The zero-order valence-electron chi connectivity index (χ0n) is 13.6. The van der Waals surface area contributed by atoms with Gasteiger partial charge in [-0.3, -0.25) is 9.59 Å². The lowest BCUT2D eigenvalue weighted by Gasteiger charge is -2.16. The molecule has 1 unspecified atom stereocenters. The molecule has 2 aromatic rings. The van der Waals surface area contributed by atoms with Gasteiger partial charge in [-0.2, -0.15) is 0 Å². The molecule has 1 atom stereocenters. The van der Waals surface area contributed by atoms with E-state index < -0.39 is 0 Å². The van der Waals surface area contributed by atoms with Gasteiger partial charge < -0.3 is 14.8 Å². The topological polar surface area (TPSA) is 64.6 Å². The fourth-order valence-electron chi connectivity index (χ4n) is 2.45. The van der Waals surface area contributed by atoms with Crippen LogP contribution in [0.3, 0.4) is 0 Å². The average Bonchev–Trinajstić information content (AvgIpc) is 2.94. The molecule has 1 N–H and O–H groups in total. The number of rotatable bonds is 4. The monoisotopic (exact) mass is 345 g/mol.